The van der Waals surface area contributed by atoms with Crippen molar-refractivity contribution in [1.29, 1.82) is 0 Å². The summed E-state index contributed by atoms with van der Waals surface area (Å²) in [5, 5.41) is 11.9. The van der Waals surface area contributed by atoms with Crippen molar-refractivity contribution in [2.75, 3.05) is 13.1 Å². The molecule has 0 saturated carbocycles. The number of pyridine rings is 1. The van der Waals surface area contributed by atoms with Crippen molar-refractivity contribution < 1.29 is 19.5 Å². The summed E-state index contributed by atoms with van der Waals surface area (Å²) in [6.07, 6.45) is 9.52. The van der Waals surface area contributed by atoms with Crippen molar-refractivity contribution in [3.05, 3.63) is 138 Å². The molecule has 4 N–H and O–H groups in total. The minimum absolute atomic E-state index is 0.0736. The zero-order chi connectivity index (χ0) is 37.9. The maximum absolute atomic E-state index is 13.7. The molecule has 2 aliphatic heterocycles. The number of hydrogen-bond acceptors (Lipinski definition) is 6. The first-order chi connectivity index (χ1) is 26.8. The Balaban J connectivity index is 0.941. The molecule has 12 heteroatoms. The Labute approximate surface area is 318 Å². The summed E-state index contributed by atoms with van der Waals surface area (Å²) in [7, 11) is 0. The molecule has 0 radical (unpaired) electrons. The Kier molecular flexibility index (Phi) is 9.95. The average molecular weight is 735 g/mol. The van der Waals surface area contributed by atoms with Crippen molar-refractivity contribution in [2.45, 2.75) is 57.2 Å². The topological polar surface area (TPSA) is 160 Å². The Morgan fingerprint density at radius 1 is 0.782 bits per heavy atom. The number of likely N-dealkylation sites (tertiary alicyclic amines) is 2. The Hall–Kier alpha value is -6.56. The third-order valence-electron chi connectivity index (χ3n) is 10.7. The molecule has 0 unspecified atom stereocenters. The molecule has 2 fully saturated rings. The maximum Gasteiger partial charge on any atom is 0.405 e. The Morgan fingerprint density at radius 2 is 1.42 bits per heavy atom. The molecule has 3 atom stereocenters. The first-order valence-electron chi connectivity index (χ1n) is 18.7. The molecule has 0 bridgehead atoms. The first-order valence-corrected chi connectivity index (χ1v) is 18.7. The van der Waals surface area contributed by atoms with E-state index in [9.17, 15) is 19.5 Å². The number of hydrogen-bond donors (Lipinski definition) is 4. The van der Waals surface area contributed by atoms with Gasteiger partial charge in [0.25, 0.3) is 5.91 Å². The van der Waals surface area contributed by atoms with Crippen LogP contribution in [0.4, 0.5) is 4.79 Å². The van der Waals surface area contributed by atoms with Crippen molar-refractivity contribution in [1.82, 2.24) is 40.0 Å². The lowest BCUT2D eigenvalue weighted by molar-refractivity contribution is -0.134. The lowest BCUT2D eigenvalue weighted by Crippen LogP contribution is -2.42. The van der Waals surface area contributed by atoms with E-state index >= 15 is 0 Å². The number of nitrogens with zero attached hydrogens (tertiary/aromatic N) is 5. The van der Waals surface area contributed by atoms with Crippen molar-refractivity contribution >= 4 is 17.9 Å². The quantitative estimate of drug-likeness (QED) is 0.114. The number of imidazole rings is 2. The van der Waals surface area contributed by atoms with Gasteiger partial charge in [0.05, 0.1) is 42.3 Å². The molecule has 2 saturated heterocycles. The molecule has 8 rings (SSSR count). The zero-order valence-electron chi connectivity index (χ0n) is 30.5. The second-order valence-electron chi connectivity index (χ2n) is 14.2. The van der Waals surface area contributed by atoms with Crippen LogP contribution in [0.2, 0.25) is 0 Å². The van der Waals surface area contributed by atoms with Crippen LogP contribution in [-0.4, -0.2) is 70.8 Å². The van der Waals surface area contributed by atoms with Gasteiger partial charge in [-0.15, -0.1) is 0 Å². The van der Waals surface area contributed by atoms with E-state index in [1.807, 2.05) is 29.3 Å². The molecular weight excluding hydrogens is 693 g/mol. The SMILES string of the molecule is Cc1cc(-c2cnc([C@@H]3CCCN3C(=O)Cc3cccnc3)[nH]2)ccc1-c1ccc(-c2cnc([C@@H]3CCCN3C(=O)[C@H](NC(=O)O)c3ccccc3)[nH]2)cc1. The van der Waals surface area contributed by atoms with Gasteiger partial charge >= 0.3 is 6.09 Å². The molecule has 12 nitrogen and oxygen atoms in total. The van der Waals surface area contributed by atoms with E-state index in [2.05, 4.69) is 74.6 Å². The molecule has 278 valence electrons. The molecule has 5 heterocycles. The predicted molar refractivity (Wildman–Crippen MR) is 207 cm³/mol. The lowest BCUT2D eigenvalue weighted by atomic mass is 9.96. The molecule has 6 aromatic rings. The van der Waals surface area contributed by atoms with Crippen molar-refractivity contribution in [3.8, 4) is 33.6 Å². The summed E-state index contributed by atoms with van der Waals surface area (Å²) in [6.45, 7) is 3.34. The molecule has 0 aliphatic carbocycles. The van der Waals surface area contributed by atoms with Gasteiger partial charge in [0, 0.05) is 25.5 Å². The van der Waals surface area contributed by atoms with Crippen LogP contribution in [-0.2, 0) is 16.0 Å². The van der Waals surface area contributed by atoms with Gasteiger partial charge in [-0.2, -0.15) is 0 Å². The number of carboxylic acid groups (broad SMARTS) is 1. The normalized spacial score (nSPS) is 17.3. The minimum atomic E-state index is -1.25. The van der Waals surface area contributed by atoms with E-state index in [0.717, 1.165) is 82.8 Å². The smallest absolute Gasteiger partial charge is 0.405 e. The fourth-order valence-corrected chi connectivity index (χ4v) is 7.96. The largest absolute Gasteiger partial charge is 0.465 e. The van der Waals surface area contributed by atoms with Gasteiger partial charge in [0.15, 0.2) is 0 Å². The van der Waals surface area contributed by atoms with Crippen LogP contribution in [0.25, 0.3) is 33.6 Å². The number of carbonyl (C=O) groups is 3. The standard InChI is InChI=1S/C43H42N8O4/c1-27-22-32(35-26-46-40(48-35)36-11-6-20-50(36)38(52)23-28-8-5-19-44-24-28)17-18-33(27)29-13-15-30(16-14-29)34-25-45-41(47-34)37-12-7-21-51(37)42(53)39(49-43(54)55)31-9-3-2-4-10-31/h2-5,8-10,13-19,22,24-26,36-37,39,49H,6-7,11-12,20-21,23H2,1H3,(H,45,47)(H,46,48)(H,54,55)/t36-,37-,39+/m0/s1. The highest BCUT2D eigenvalue weighted by molar-refractivity contribution is 5.87. The monoisotopic (exact) mass is 734 g/mol. The van der Waals surface area contributed by atoms with Crippen LogP contribution < -0.4 is 5.32 Å². The fraction of sp³-hybridized carbons (Fsp3) is 0.256. The summed E-state index contributed by atoms with van der Waals surface area (Å²) in [6, 6.07) is 26.0. The van der Waals surface area contributed by atoms with Crippen LogP contribution in [0.1, 0.15) is 72.1 Å². The minimum Gasteiger partial charge on any atom is -0.465 e. The molecule has 55 heavy (non-hydrogen) atoms. The molecule has 3 aromatic carbocycles. The summed E-state index contributed by atoms with van der Waals surface area (Å²) < 4.78 is 0. The maximum atomic E-state index is 13.7. The van der Waals surface area contributed by atoms with E-state index < -0.39 is 12.1 Å². The summed E-state index contributed by atoms with van der Waals surface area (Å²) in [5.41, 5.74) is 8.57. The highest BCUT2D eigenvalue weighted by Gasteiger charge is 2.37. The second kappa shape index (κ2) is 15.4. The van der Waals surface area contributed by atoms with Gasteiger partial charge < -0.3 is 30.2 Å². The number of rotatable bonds is 10. The Bertz CT molecular complexity index is 2300. The summed E-state index contributed by atoms with van der Waals surface area (Å²) in [5.74, 6) is 1.28. The van der Waals surface area contributed by atoms with Gasteiger partial charge in [0.2, 0.25) is 5.91 Å². The third-order valence-corrected chi connectivity index (χ3v) is 10.7. The van der Waals surface area contributed by atoms with Crippen molar-refractivity contribution in [2.24, 2.45) is 0 Å². The zero-order valence-corrected chi connectivity index (χ0v) is 30.5. The number of aromatic nitrogens is 5. The molecule has 0 spiro atoms. The van der Waals surface area contributed by atoms with Crippen LogP contribution in [0.5, 0.6) is 0 Å². The van der Waals surface area contributed by atoms with Gasteiger partial charge in [0.1, 0.15) is 17.7 Å². The second-order valence-corrected chi connectivity index (χ2v) is 14.2. The van der Waals surface area contributed by atoms with E-state index in [1.54, 1.807) is 47.8 Å². The summed E-state index contributed by atoms with van der Waals surface area (Å²) in [4.78, 5) is 62.7. The Morgan fingerprint density at radius 3 is 2.07 bits per heavy atom. The van der Waals surface area contributed by atoms with E-state index in [1.165, 1.54) is 0 Å². The van der Waals surface area contributed by atoms with Crippen molar-refractivity contribution in [3.63, 3.8) is 0 Å². The van der Waals surface area contributed by atoms with Gasteiger partial charge in [-0.25, -0.2) is 14.8 Å². The van der Waals surface area contributed by atoms with Crippen LogP contribution in [0.3, 0.4) is 0 Å². The predicted octanol–water partition coefficient (Wildman–Crippen LogP) is 7.42. The third kappa shape index (κ3) is 7.48. The van der Waals surface area contributed by atoms with Gasteiger partial charge in [-0.1, -0.05) is 72.8 Å². The van der Waals surface area contributed by atoms with Crippen LogP contribution in [0, 0.1) is 6.92 Å². The molecule has 2 aliphatic rings. The van der Waals surface area contributed by atoms with Gasteiger partial charge in [-0.3, -0.25) is 14.6 Å². The molecule has 3 aromatic heterocycles. The van der Waals surface area contributed by atoms with Gasteiger partial charge in [-0.05, 0) is 83.7 Å². The number of benzene rings is 3. The van der Waals surface area contributed by atoms with Crippen LogP contribution >= 0.6 is 0 Å². The lowest BCUT2D eigenvalue weighted by Gasteiger charge is -2.28. The summed E-state index contributed by atoms with van der Waals surface area (Å²) >= 11 is 0. The highest BCUT2D eigenvalue weighted by Crippen LogP contribution is 2.36. The number of aromatic amines is 2. The van der Waals surface area contributed by atoms with E-state index in [-0.39, 0.29) is 23.9 Å². The highest BCUT2D eigenvalue weighted by atomic mass is 16.4. The number of aryl methyl sites for hydroxylation is 1. The fourth-order valence-electron chi connectivity index (χ4n) is 7.96. The average Bonchev–Trinajstić information content (AvgIpc) is 4.04. The number of amides is 3. The molecule has 3 amide bonds. The van der Waals surface area contributed by atoms with E-state index in [0.29, 0.717) is 24.4 Å². The first kappa shape index (κ1) is 35.5. The van der Waals surface area contributed by atoms with Crippen LogP contribution in [0.15, 0.2) is 110 Å². The van der Waals surface area contributed by atoms with E-state index in [4.69, 9.17) is 4.98 Å². The number of carbonyl (C=O) groups excluding carboxylic acids is 2. The number of nitrogens with one attached hydrogen (secondary N) is 3. The number of H-pyrrole nitrogens is 2. The molecular formula is C43H42N8O4.